The first-order valence-corrected chi connectivity index (χ1v) is 6.46. The molecule has 1 aliphatic heterocycles. The number of rotatable bonds is 3. The third kappa shape index (κ3) is 2.53. The number of aromatic nitrogens is 1. The highest BCUT2D eigenvalue weighted by molar-refractivity contribution is 7.13. The van der Waals surface area contributed by atoms with Crippen molar-refractivity contribution in [1.29, 1.82) is 0 Å². The van der Waals surface area contributed by atoms with Gasteiger partial charge in [0.2, 0.25) is 0 Å². The molecule has 2 unspecified atom stereocenters. The Morgan fingerprint density at radius 1 is 1.62 bits per heavy atom. The Morgan fingerprint density at radius 2 is 2.38 bits per heavy atom. The van der Waals surface area contributed by atoms with Crippen molar-refractivity contribution in [3.63, 3.8) is 0 Å². The largest absolute Gasteiger partial charge is 0.391 e. The molecule has 0 saturated carbocycles. The van der Waals surface area contributed by atoms with Gasteiger partial charge in [-0.1, -0.05) is 0 Å². The van der Waals surface area contributed by atoms with Crippen molar-refractivity contribution in [2.75, 3.05) is 32.1 Å². The van der Waals surface area contributed by atoms with E-state index in [1.807, 2.05) is 6.92 Å². The molecule has 5 heteroatoms. The molecule has 2 rings (SSSR count). The predicted molar refractivity (Wildman–Crippen MR) is 67.2 cm³/mol. The summed E-state index contributed by atoms with van der Waals surface area (Å²) in [6, 6.07) is 0.385. The van der Waals surface area contributed by atoms with Crippen LogP contribution in [-0.2, 0) is 0 Å². The number of anilines is 1. The summed E-state index contributed by atoms with van der Waals surface area (Å²) in [5.74, 6) is 0. The van der Waals surface area contributed by atoms with E-state index in [9.17, 15) is 5.11 Å². The molecule has 4 nitrogen and oxygen atoms in total. The summed E-state index contributed by atoms with van der Waals surface area (Å²) in [7, 11) is 4.13. The highest BCUT2D eigenvalue weighted by atomic mass is 32.1. The Labute approximate surface area is 101 Å². The number of thiazole rings is 1. The van der Waals surface area contributed by atoms with Crippen LogP contribution in [0.3, 0.4) is 0 Å². The Kier molecular flexibility index (Phi) is 3.47. The molecule has 0 radical (unpaired) electrons. The van der Waals surface area contributed by atoms with Crippen LogP contribution in [0.25, 0.3) is 0 Å². The van der Waals surface area contributed by atoms with Crippen LogP contribution in [0.2, 0.25) is 0 Å². The molecule has 1 saturated heterocycles. The van der Waals surface area contributed by atoms with Gasteiger partial charge >= 0.3 is 0 Å². The van der Waals surface area contributed by atoms with Gasteiger partial charge in [-0.15, -0.1) is 11.3 Å². The first-order valence-electron chi connectivity index (χ1n) is 5.58. The van der Waals surface area contributed by atoms with E-state index < -0.39 is 0 Å². The zero-order chi connectivity index (χ0) is 11.7. The molecule has 0 amide bonds. The molecule has 0 bridgehead atoms. The van der Waals surface area contributed by atoms with Crippen molar-refractivity contribution in [3.05, 3.63) is 11.1 Å². The minimum absolute atomic E-state index is 0.214. The number of β-amino-alcohol motifs (C(OH)–C–C–N with tert-alkyl or cyclic N) is 1. The summed E-state index contributed by atoms with van der Waals surface area (Å²) in [5, 5.41) is 12.9. The van der Waals surface area contributed by atoms with Gasteiger partial charge in [0, 0.05) is 24.5 Å². The molecule has 1 aliphatic rings. The lowest BCUT2D eigenvalue weighted by atomic mass is 10.2. The molecule has 1 aromatic heterocycles. The van der Waals surface area contributed by atoms with Crippen LogP contribution in [0.5, 0.6) is 0 Å². The van der Waals surface area contributed by atoms with Crippen LogP contribution in [0.1, 0.15) is 12.1 Å². The molecular weight excluding hydrogens is 222 g/mol. The number of aliphatic hydroxyl groups is 1. The van der Waals surface area contributed by atoms with Gasteiger partial charge in [0.05, 0.1) is 11.8 Å². The van der Waals surface area contributed by atoms with Gasteiger partial charge < -0.3 is 14.9 Å². The molecule has 1 aromatic rings. The van der Waals surface area contributed by atoms with Crippen molar-refractivity contribution in [1.82, 2.24) is 9.88 Å². The van der Waals surface area contributed by atoms with Crippen molar-refractivity contribution >= 4 is 16.5 Å². The Hall–Kier alpha value is -0.650. The highest BCUT2D eigenvalue weighted by Crippen LogP contribution is 2.28. The molecular formula is C11H19N3OS. The quantitative estimate of drug-likeness (QED) is 0.855. The number of hydrogen-bond donors (Lipinski definition) is 1. The van der Waals surface area contributed by atoms with Crippen LogP contribution in [0.15, 0.2) is 5.38 Å². The number of aliphatic hydroxyl groups excluding tert-OH is 1. The lowest BCUT2D eigenvalue weighted by molar-refractivity contribution is 0.191. The van der Waals surface area contributed by atoms with Crippen LogP contribution in [-0.4, -0.2) is 54.3 Å². The van der Waals surface area contributed by atoms with E-state index in [0.717, 1.165) is 23.8 Å². The fourth-order valence-electron chi connectivity index (χ4n) is 2.19. The maximum atomic E-state index is 9.77. The van der Waals surface area contributed by atoms with Crippen LogP contribution < -0.4 is 4.90 Å². The fourth-order valence-corrected chi connectivity index (χ4v) is 3.08. The monoisotopic (exact) mass is 241 g/mol. The van der Waals surface area contributed by atoms with E-state index in [-0.39, 0.29) is 6.10 Å². The summed E-state index contributed by atoms with van der Waals surface area (Å²) in [6.07, 6.45) is 0.630. The van der Waals surface area contributed by atoms with Gasteiger partial charge in [-0.05, 0) is 27.4 Å². The minimum atomic E-state index is -0.214. The summed E-state index contributed by atoms with van der Waals surface area (Å²) in [6.45, 7) is 3.69. The number of hydrogen-bond acceptors (Lipinski definition) is 5. The van der Waals surface area contributed by atoms with E-state index >= 15 is 0 Å². The average Bonchev–Trinajstić information content (AvgIpc) is 2.72. The lowest BCUT2D eigenvalue weighted by Gasteiger charge is -2.26. The standard InChI is InChI=1S/C11H19N3OS/c1-8-7-16-11(12-8)14-6-10(15)4-9(14)5-13(2)3/h7,9-10,15H,4-6H2,1-3H3. The number of likely N-dealkylation sites (N-methyl/N-ethyl adjacent to an activating group) is 1. The molecule has 2 atom stereocenters. The Bertz CT molecular complexity index is 353. The van der Waals surface area contributed by atoms with Crippen molar-refractivity contribution in [2.45, 2.75) is 25.5 Å². The molecule has 0 spiro atoms. The highest BCUT2D eigenvalue weighted by Gasteiger charge is 2.32. The van der Waals surface area contributed by atoms with Crippen LogP contribution in [0, 0.1) is 6.92 Å². The fraction of sp³-hybridized carbons (Fsp3) is 0.727. The summed E-state index contributed by atoms with van der Waals surface area (Å²) in [5.41, 5.74) is 1.06. The zero-order valence-electron chi connectivity index (χ0n) is 10.1. The first-order chi connectivity index (χ1) is 7.56. The summed E-state index contributed by atoms with van der Waals surface area (Å²) < 4.78 is 0. The van der Waals surface area contributed by atoms with E-state index in [1.54, 1.807) is 11.3 Å². The Balaban J connectivity index is 2.12. The number of aryl methyl sites for hydroxylation is 1. The summed E-state index contributed by atoms with van der Waals surface area (Å²) in [4.78, 5) is 8.90. The second-order valence-electron chi connectivity index (χ2n) is 4.73. The molecule has 0 aromatic carbocycles. The van der Waals surface area contributed by atoms with Crippen molar-refractivity contribution in [2.24, 2.45) is 0 Å². The third-order valence-corrected chi connectivity index (χ3v) is 3.82. The van der Waals surface area contributed by atoms with E-state index in [1.165, 1.54) is 0 Å². The SMILES string of the molecule is Cc1csc(N2CC(O)CC2CN(C)C)n1. The van der Waals surface area contributed by atoms with Crippen molar-refractivity contribution in [3.8, 4) is 0 Å². The van der Waals surface area contributed by atoms with Gasteiger partial charge in [-0.3, -0.25) is 0 Å². The smallest absolute Gasteiger partial charge is 0.185 e. The van der Waals surface area contributed by atoms with E-state index in [4.69, 9.17) is 0 Å². The first kappa shape index (κ1) is 11.8. The summed E-state index contributed by atoms with van der Waals surface area (Å²) >= 11 is 1.66. The lowest BCUT2D eigenvalue weighted by Crippen LogP contribution is -2.37. The second kappa shape index (κ2) is 4.69. The van der Waals surface area contributed by atoms with E-state index in [0.29, 0.717) is 12.6 Å². The zero-order valence-corrected chi connectivity index (χ0v) is 10.9. The van der Waals surface area contributed by atoms with Crippen LogP contribution >= 0.6 is 11.3 Å². The molecule has 16 heavy (non-hydrogen) atoms. The normalized spacial score (nSPS) is 25.7. The van der Waals surface area contributed by atoms with Crippen LogP contribution in [0.4, 0.5) is 5.13 Å². The van der Waals surface area contributed by atoms with Gasteiger partial charge in [0.15, 0.2) is 5.13 Å². The minimum Gasteiger partial charge on any atom is -0.391 e. The molecule has 1 fully saturated rings. The van der Waals surface area contributed by atoms with Gasteiger partial charge in [0.1, 0.15) is 0 Å². The molecule has 2 heterocycles. The molecule has 90 valence electrons. The topological polar surface area (TPSA) is 39.6 Å². The predicted octanol–water partition coefficient (Wildman–Crippen LogP) is 0.953. The maximum absolute atomic E-state index is 9.77. The van der Waals surface area contributed by atoms with E-state index in [2.05, 4.69) is 34.3 Å². The molecule has 1 N–H and O–H groups in total. The third-order valence-electron chi connectivity index (χ3n) is 2.82. The van der Waals surface area contributed by atoms with Gasteiger partial charge in [-0.2, -0.15) is 0 Å². The number of nitrogens with zero attached hydrogens (tertiary/aromatic N) is 3. The maximum Gasteiger partial charge on any atom is 0.185 e. The van der Waals surface area contributed by atoms with Gasteiger partial charge in [-0.25, -0.2) is 4.98 Å². The average molecular weight is 241 g/mol. The second-order valence-corrected chi connectivity index (χ2v) is 5.57. The Morgan fingerprint density at radius 3 is 2.94 bits per heavy atom. The van der Waals surface area contributed by atoms with Gasteiger partial charge in [0.25, 0.3) is 0 Å². The van der Waals surface area contributed by atoms with Crippen molar-refractivity contribution < 1.29 is 5.11 Å². The molecule has 0 aliphatic carbocycles.